The number of amides is 1. The number of benzene rings is 3. The monoisotopic (exact) mass is 606 g/mol. The number of carboxylic acids is 1. The third kappa shape index (κ3) is 6.75. The van der Waals surface area contributed by atoms with Crippen molar-refractivity contribution in [3.63, 3.8) is 0 Å². The zero-order valence-corrected chi connectivity index (χ0v) is 24.7. The maximum atomic E-state index is 12.8. The summed E-state index contributed by atoms with van der Waals surface area (Å²) < 4.78 is 39.1. The minimum atomic E-state index is -4.01. The van der Waals surface area contributed by atoms with E-state index in [0.717, 1.165) is 27.8 Å². The summed E-state index contributed by atoms with van der Waals surface area (Å²) in [5.41, 5.74) is 10.6. The molecule has 0 unspecified atom stereocenters. The SMILES string of the molecule is CC1(C)Cc2ccc(S(=O)(=O)NC(N)=NCCC[C@H](NC(=O)OCC3c4ccccc4-c4ccccc43)C(=O)O)cc2O1. The average molecular weight is 607 g/mol. The van der Waals surface area contributed by atoms with Gasteiger partial charge in [-0.1, -0.05) is 54.6 Å². The number of nitrogens with one attached hydrogen (secondary N) is 2. The lowest BCUT2D eigenvalue weighted by Gasteiger charge is -2.17. The van der Waals surface area contributed by atoms with Gasteiger partial charge in [0.1, 0.15) is 24.0 Å². The van der Waals surface area contributed by atoms with Crippen molar-refractivity contribution in [3.05, 3.63) is 83.4 Å². The molecule has 0 radical (unpaired) electrons. The zero-order valence-electron chi connectivity index (χ0n) is 23.9. The van der Waals surface area contributed by atoms with Gasteiger partial charge in [-0.15, -0.1) is 0 Å². The molecular weight excluding hydrogens is 572 g/mol. The first-order valence-corrected chi connectivity index (χ1v) is 15.4. The molecule has 2 aliphatic rings. The summed E-state index contributed by atoms with van der Waals surface area (Å²) in [7, 11) is -4.01. The number of aliphatic imine (C=N–C) groups is 1. The Labute approximate surface area is 250 Å². The van der Waals surface area contributed by atoms with Gasteiger partial charge in [-0.05, 0) is 60.6 Å². The van der Waals surface area contributed by atoms with E-state index in [1.165, 1.54) is 12.1 Å². The minimum absolute atomic E-state index is 0.0136. The minimum Gasteiger partial charge on any atom is -0.487 e. The van der Waals surface area contributed by atoms with E-state index in [4.69, 9.17) is 15.2 Å². The molecule has 0 saturated carbocycles. The lowest BCUT2D eigenvalue weighted by Crippen LogP contribution is -2.41. The van der Waals surface area contributed by atoms with Gasteiger partial charge in [0.25, 0.3) is 10.0 Å². The van der Waals surface area contributed by atoms with Crippen LogP contribution in [0.5, 0.6) is 5.75 Å². The van der Waals surface area contributed by atoms with Crippen molar-refractivity contribution >= 4 is 28.0 Å². The summed E-state index contributed by atoms with van der Waals surface area (Å²) in [6.07, 6.45) is 0.0747. The summed E-state index contributed by atoms with van der Waals surface area (Å²) in [6.45, 7) is 3.94. The third-order valence-corrected chi connectivity index (χ3v) is 8.81. The van der Waals surface area contributed by atoms with Crippen LogP contribution in [0.3, 0.4) is 0 Å². The van der Waals surface area contributed by atoms with E-state index in [9.17, 15) is 23.1 Å². The van der Waals surface area contributed by atoms with Crippen molar-refractivity contribution < 1.29 is 32.6 Å². The molecule has 0 fully saturated rings. The Balaban J connectivity index is 1.11. The molecule has 226 valence electrons. The number of nitrogens with two attached hydrogens (primary N) is 1. The van der Waals surface area contributed by atoms with Crippen molar-refractivity contribution in [2.45, 2.75) is 55.6 Å². The molecule has 0 spiro atoms. The van der Waals surface area contributed by atoms with Crippen LogP contribution in [0.25, 0.3) is 11.1 Å². The first-order valence-electron chi connectivity index (χ1n) is 13.9. The van der Waals surface area contributed by atoms with Crippen LogP contribution in [0.15, 0.2) is 76.6 Å². The van der Waals surface area contributed by atoms with Crippen molar-refractivity contribution in [1.29, 1.82) is 0 Å². The Bertz CT molecular complexity index is 1640. The molecule has 3 aromatic rings. The van der Waals surface area contributed by atoms with Gasteiger partial charge in [0.15, 0.2) is 0 Å². The zero-order chi connectivity index (χ0) is 30.8. The molecule has 1 aliphatic carbocycles. The maximum Gasteiger partial charge on any atom is 0.407 e. The van der Waals surface area contributed by atoms with Gasteiger partial charge in [-0.2, -0.15) is 0 Å². The van der Waals surface area contributed by atoms with Crippen molar-refractivity contribution in [3.8, 4) is 16.9 Å². The molecule has 0 aromatic heterocycles. The number of aliphatic carboxylic acids is 1. The molecule has 5 N–H and O–H groups in total. The molecule has 1 heterocycles. The van der Waals surface area contributed by atoms with E-state index in [-0.39, 0.29) is 42.8 Å². The van der Waals surface area contributed by atoms with E-state index < -0.39 is 33.7 Å². The standard InChI is InChI=1S/C31H34N4O7S/c1-31(2)17-19-13-14-20(16-27(19)42-31)43(39,40)35-29(32)33-15-7-12-26(28(36)37)34-30(38)41-18-25-23-10-5-3-8-21(23)22-9-4-6-11-24(22)25/h3-6,8-11,13-14,16,25-26H,7,12,15,17-18H2,1-2H3,(H,34,38)(H,36,37)(H3,32,33,35)/t26-/m0/s1. The molecule has 11 nitrogen and oxygen atoms in total. The molecule has 0 saturated heterocycles. The summed E-state index contributed by atoms with van der Waals surface area (Å²) in [6, 6.07) is 19.2. The van der Waals surface area contributed by atoms with E-state index in [2.05, 4.69) is 15.0 Å². The van der Waals surface area contributed by atoms with Crippen LogP contribution in [0, 0.1) is 0 Å². The largest absolute Gasteiger partial charge is 0.487 e. The second kappa shape index (κ2) is 12.0. The Morgan fingerprint density at radius 1 is 1.09 bits per heavy atom. The lowest BCUT2D eigenvalue weighted by molar-refractivity contribution is -0.139. The number of carbonyl (C=O) groups is 2. The summed E-state index contributed by atoms with van der Waals surface area (Å²) >= 11 is 0. The molecule has 3 aromatic carbocycles. The van der Waals surface area contributed by atoms with E-state index in [1.54, 1.807) is 6.07 Å². The normalized spacial score (nSPS) is 15.9. The van der Waals surface area contributed by atoms with Gasteiger partial charge in [0.2, 0.25) is 5.96 Å². The number of ether oxygens (including phenoxy) is 2. The van der Waals surface area contributed by atoms with Gasteiger partial charge >= 0.3 is 12.1 Å². The van der Waals surface area contributed by atoms with Crippen LogP contribution < -0.4 is 20.5 Å². The highest BCUT2D eigenvalue weighted by molar-refractivity contribution is 7.90. The van der Waals surface area contributed by atoms with Gasteiger partial charge in [-0.25, -0.2) is 22.7 Å². The number of sulfonamides is 1. The topological polar surface area (TPSA) is 169 Å². The van der Waals surface area contributed by atoms with Crippen molar-refractivity contribution in [2.75, 3.05) is 13.2 Å². The second-order valence-electron chi connectivity index (χ2n) is 11.2. The molecular formula is C31H34N4O7S. The predicted molar refractivity (Wildman–Crippen MR) is 161 cm³/mol. The Hall–Kier alpha value is -4.58. The van der Waals surface area contributed by atoms with Crippen LogP contribution in [0.1, 0.15) is 49.3 Å². The van der Waals surface area contributed by atoms with Gasteiger partial charge in [0.05, 0.1) is 4.90 Å². The Morgan fingerprint density at radius 2 is 1.74 bits per heavy atom. The number of nitrogens with zero attached hydrogens (tertiary/aromatic N) is 1. The molecule has 1 atom stereocenters. The van der Waals surface area contributed by atoms with Crippen molar-refractivity contribution in [2.24, 2.45) is 10.7 Å². The summed E-state index contributed by atoms with van der Waals surface area (Å²) in [4.78, 5) is 28.3. The highest BCUT2D eigenvalue weighted by Gasteiger charge is 2.32. The number of carbonyl (C=O) groups excluding carboxylic acids is 1. The average Bonchev–Trinajstić information content (AvgIpc) is 3.45. The highest BCUT2D eigenvalue weighted by Crippen LogP contribution is 2.44. The van der Waals surface area contributed by atoms with Crippen LogP contribution in [-0.4, -0.2) is 56.3 Å². The smallest absolute Gasteiger partial charge is 0.407 e. The van der Waals surface area contributed by atoms with Gasteiger partial charge in [0, 0.05) is 24.9 Å². The lowest BCUT2D eigenvalue weighted by atomic mass is 9.98. The molecule has 0 bridgehead atoms. The number of fused-ring (bicyclic) bond motifs is 4. The fourth-order valence-electron chi connectivity index (χ4n) is 5.50. The number of guanidine groups is 1. The molecule has 5 rings (SSSR count). The Kier molecular flexibility index (Phi) is 8.32. The van der Waals surface area contributed by atoms with Crippen LogP contribution in [0.4, 0.5) is 4.79 Å². The van der Waals surface area contributed by atoms with Gasteiger partial charge < -0.3 is 25.6 Å². The number of carboxylic acid groups (broad SMARTS) is 1. The first-order chi connectivity index (χ1) is 20.4. The summed E-state index contributed by atoms with van der Waals surface area (Å²) in [5, 5.41) is 12.0. The Morgan fingerprint density at radius 3 is 2.40 bits per heavy atom. The number of hydrogen-bond acceptors (Lipinski definition) is 7. The fourth-order valence-corrected chi connectivity index (χ4v) is 6.47. The van der Waals surface area contributed by atoms with Crippen LogP contribution in [-0.2, 0) is 26.0 Å². The van der Waals surface area contributed by atoms with E-state index in [1.807, 2.05) is 62.4 Å². The third-order valence-electron chi connectivity index (χ3n) is 7.46. The summed E-state index contributed by atoms with van der Waals surface area (Å²) in [5.74, 6) is -1.21. The van der Waals surface area contributed by atoms with Crippen LogP contribution >= 0.6 is 0 Å². The van der Waals surface area contributed by atoms with E-state index >= 15 is 0 Å². The van der Waals surface area contributed by atoms with Crippen molar-refractivity contribution in [1.82, 2.24) is 10.0 Å². The molecule has 43 heavy (non-hydrogen) atoms. The quantitative estimate of drug-likeness (QED) is 0.154. The fraction of sp³-hybridized carbons (Fsp3) is 0.323. The molecule has 1 aliphatic heterocycles. The molecule has 12 heteroatoms. The van der Waals surface area contributed by atoms with Crippen LogP contribution in [0.2, 0.25) is 0 Å². The number of alkyl carbamates (subject to hydrolysis) is 1. The first kappa shape index (κ1) is 29.9. The van der Waals surface area contributed by atoms with Gasteiger partial charge in [-0.3, -0.25) is 4.99 Å². The predicted octanol–water partition coefficient (Wildman–Crippen LogP) is 3.77. The van der Waals surface area contributed by atoms with E-state index in [0.29, 0.717) is 12.2 Å². The maximum absolute atomic E-state index is 12.8. The number of rotatable bonds is 10. The second-order valence-corrected chi connectivity index (χ2v) is 12.9. The highest BCUT2D eigenvalue weighted by atomic mass is 32.2. The molecule has 1 amide bonds. The number of hydrogen-bond donors (Lipinski definition) is 4.